The quantitative estimate of drug-likeness (QED) is 0.559. The number of methoxy groups -OCH3 is 1. The molecule has 30 heavy (non-hydrogen) atoms. The maximum atomic E-state index is 6.10. The van der Waals surface area contributed by atoms with E-state index in [2.05, 4.69) is 39.7 Å². The van der Waals surface area contributed by atoms with Crippen LogP contribution in [0, 0.1) is 13.8 Å². The van der Waals surface area contributed by atoms with E-state index in [0.29, 0.717) is 13.2 Å². The smallest absolute Gasteiger partial charge is 0.170 e. The molecule has 0 unspecified atom stereocenters. The second-order valence-corrected chi connectivity index (χ2v) is 8.27. The van der Waals surface area contributed by atoms with Crippen LogP contribution in [0.1, 0.15) is 34.7 Å². The minimum atomic E-state index is -0.0327. The number of pyridine rings is 1. The molecule has 3 aromatic rings. The molecule has 7 heteroatoms. The van der Waals surface area contributed by atoms with Gasteiger partial charge in [0.1, 0.15) is 0 Å². The molecule has 2 atom stereocenters. The third kappa shape index (κ3) is 3.83. The molecule has 0 radical (unpaired) electrons. The fourth-order valence-electron chi connectivity index (χ4n) is 4.25. The average molecular weight is 441 g/mol. The number of hydrogen-bond acceptors (Lipinski definition) is 3. The number of nitrogens with one attached hydrogen (secondary N) is 1. The van der Waals surface area contributed by atoms with Crippen molar-refractivity contribution in [3.05, 3.63) is 82.4 Å². The van der Waals surface area contributed by atoms with E-state index in [-0.39, 0.29) is 12.1 Å². The fourth-order valence-corrected chi connectivity index (χ4v) is 4.71. The van der Waals surface area contributed by atoms with E-state index >= 15 is 0 Å². The molecular weight excluding hydrogens is 416 g/mol. The summed E-state index contributed by atoms with van der Waals surface area (Å²) in [5.74, 6) is 0. The molecule has 1 N–H and O–H groups in total. The summed E-state index contributed by atoms with van der Waals surface area (Å²) < 4.78 is 7.62. The number of ether oxygens (including phenoxy) is 1. The molecule has 1 aliphatic heterocycles. The van der Waals surface area contributed by atoms with Gasteiger partial charge in [-0.25, -0.2) is 0 Å². The van der Waals surface area contributed by atoms with Crippen molar-refractivity contribution in [1.82, 2.24) is 19.8 Å². The number of rotatable bonds is 6. The first-order chi connectivity index (χ1) is 14.5. The van der Waals surface area contributed by atoms with Gasteiger partial charge >= 0.3 is 0 Å². The van der Waals surface area contributed by atoms with E-state index in [0.717, 1.165) is 27.2 Å². The Morgan fingerprint density at radius 3 is 2.60 bits per heavy atom. The lowest BCUT2D eigenvalue weighted by atomic mass is 9.97. The Bertz CT molecular complexity index is 1040. The molecule has 5 nitrogen and oxygen atoms in total. The van der Waals surface area contributed by atoms with Crippen LogP contribution < -0.4 is 5.32 Å². The summed E-state index contributed by atoms with van der Waals surface area (Å²) in [6, 6.07) is 16.2. The lowest BCUT2D eigenvalue weighted by Crippen LogP contribution is -2.32. The summed E-state index contributed by atoms with van der Waals surface area (Å²) in [5, 5.41) is 4.95. The van der Waals surface area contributed by atoms with E-state index in [1.54, 1.807) is 7.11 Å². The average Bonchev–Trinajstić information content (AvgIpc) is 3.23. The molecule has 4 rings (SSSR count). The molecule has 0 amide bonds. The normalized spacial score (nSPS) is 18.7. The molecule has 0 aliphatic carbocycles. The number of halogens is 1. The van der Waals surface area contributed by atoms with E-state index in [1.165, 1.54) is 11.3 Å². The van der Waals surface area contributed by atoms with Gasteiger partial charge in [-0.3, -0.25) is 4.98 Å². The molecule has 1 aromatic carbocycles. The molecule has 1 saturated heterocycles. The Hall–Kier alpha value is -2.41. The molecule has 2 aromatic heterocycles. The summed E-state index contributed by atoms with van der Waals surface area (Å²) >= 11 is 11.8. The zero-order chi connectivity index (χ0) is 21.3. The third-order valence-corrected chi connectivity index (χ3v) is 6.21. The highest BCUT2D eigenvalue weighted by Gasteiger charge is 2.41. The van der Waals surface area contributed by atoms with E-state index in [4.69, 9.17) is 28.6 Å². The lowest BCUT2D eigenvalue weighted by Gasteiger charge is -2.28. The van der Waals surface area contributed by atoms with Crippen LogP contribution in [0.2, 0.25) is 5.02 Å². The van der Waals surface area contributed by atoms with E-state index < -0.39 is 0 Å². The van der Waals surface area contributed by atoms with Crippen molar-refractivity contribution in [3.8, 4) is 5.69 Å². The molecule has 1 aliphatic rings. The van der Waals surface area contributed by atoms with Gasteiger partial charge in [0.2, 0.25) is 0 Å². The summed E-state index contributed by atoms with van der Waals surface area (Å²) in [4.78, 5) is 6.83. The van der Waals surface area contributed by atoms with Gasteiger partial charge < -0.3 is 19.5 Å². The first kappa shape index (κ1) is 20.8. The standard InChI is InChI=1S/C23H25ClN4OS/c1-15-14-19(16(2)28(15)18-9-7-17(24)8-10-18)22-21(20-6-4-5-11-25-20)26-23(30)27(22)12-13-29-3/h4-11,14,21-22H,12-13H2,1-3H3,(H,26,30)/t21-,22+/m0/s1. The minimum Gasteiger partial charge on any atom is -0.383 e. The first-order valence-electron chi connectivity index (χ1n) is 9.93. The largest absolute Gasteiger partial charge is 0.383 e. The maximum absolute atomic E-state index is 6.10. The van der Waals surface area contributed by atoms with Gasteiger partial charge in [0.15, 0.2) is 5.11 Å². The second-order valence-electron chi connectivity index (χ2n) is 7.45. The topological polar surface area (TPSA) is 42.3 Å². The number of benzene rings is 1. The Labute approximate surface area is 187 Å². The number of thiocarbonyl (C=S) groups is 1. The zero-order valence-corrected chi connectivity index (χ0v) is 18.9. The number of aryl methyl sites for hydroxylation is 1. The highest BCUT2D eigenvalue weighted by Crippen LogP contribution is 2.41. The van der Waals surface area contributed by atoms with Crippen LogP contribution in [0.25, 0.3) is 5.69 Å². The van der Waals surface area contributed by atoms with Gasteiger partial charge in [-0.15, -0.1) is 0 Å². The Kier molecular flexibility index (Phi) is 6.09. The second kappa shape index (κ2) is 8.76. The Morgan fingerprint density at radius 2 is 1.93 bits per heavy atom. The van der Waals surface area contributed by atoms with Crippen molar-refractivity contribution >= 4 is 28.9 Å². The Balaban J connectivity index is 1.81. The van der Waals surface area contributed by atoms with Crippen molar-refractivity contribution in [2.24, 2.45) is 0 Å². The summed E-state index contributed by atoms with van der Waals surface area (Å²) in [6.45, 7) is 5.59. The maximum Gasteiger partial charge on any atom is 0.170 e. The molecule has 3 heterocycles. The van der Waals surface area contributed by atoms with Gasteiger partial charge in [0, 0.05) is 41.9 Å². The number of aromatic nitrogens is 2. The van der Waals surface area contributed by atoms with Crippen LogP contribution in [0.15, 0.2) is 54.7 Å². The summed E-state index contributed by atoms with van der Waals surface area (Å²) in [5.41, 5.74) is 5.62. The highest BCUT2D eigenvalue weighted by molar-refractivity contribution is 7.80. The Morgan fingerprint density at radius 1 is 1.17 bits per heavy atom. The van der Waals surface area contributed by atoms with Crippen LogP contribution >= 0.6 is 23.8 Å². The molecule has 0 saturated carbocycles. The molecule has 1 fully saturated rings. The summed E-state index contributed by atoms with van der Waals surface area (Å²) in [7, 11) is 1.71. The minimum absolute atomic E-state index is 0.0230. The van der Waals surface area contributed by atoms with Crippen molar-refractivity contribution in [2.45, 2.75) is 25.9 Å². The summed E-state index contributed by atoms with van der Waals surface area (Å²) in [6.07, 6.45) is 1.83. The highest BCUT2D eigenvalue weighted by atomic mass is 35.5. The van der Waals surface area contributed by atoms with Crippen molar-refractivity contribution in [2.75, 3.05) is 20.3 Å². The first-order valence-corrected chi connectivity index (χ1v) is 10.7. The van der Waals surface area contributed by atoms with Crippen molar-refractivity contribution in [3.63, 3.8) is 0 Å². The predicted molar refractivity (Wildman–Crippen MR) is 124 cm³/mol. The molecule has 0 spiro atoms. The number of hydrogen-bond donors (Lipinski definition) is 1. The van der Waals surface area contributed by atoms with Crippen LogP contribution in [0.4, 0.5) is 0 Å². The van der Waals surface area contributed by atoms with E-state index in [9.17, 15) is 0 Å². The van der Waals surface area contributed by atoms with Crippen LogP contribution in [0.5, 0.6) is 0 Å². The molecular formula is C23H25ClN4OS. The zero-order valence-electron chi connectivity index (χ0n) is 17.3. The van der Waals surface area contributed by atoms with Crippen molar-refractivity contribution < 1.29 is 4.74 Å². The fraction of sp³-hybridized carbons (Fsp3) is 0.304. The van der Waals surface area contributed by atoms with Gasteiger partial charge in [-0.05, 0) is 74.1 Å². The SMILES string of the molecule is COCCN1C(=S)N[C@@H](c2ccccn2)[C@H]1c1cc(C)n(-c2ccc(Cl)cc2)c1C. The molecule has 156 valence electrons. The third-order valence-electron chi connectivity index (χ3n) is 5.61. The van der Waals surface area contributed by atoms with Crippen LogP contribution in [-0.4, -0.2) is 39.8 Å². The van der Waals surface area contributed by atoms with Crippen molar-refractivity contribution in [1.29, 1.82) is 0 Å². The van der Waals surface area contributed by atoms with Crippen LogP contribution in [0.3, 0.4) is 0 Å². The van der Waals surface area contributed by atoms with E-state index in [1.807, 2.05) is 48.7 Å². The predicted octanol–water partition coefficient (Wildman–Crippen LogP) is 4.76. The molecule has 0 bridgehead atoms. The number of nitrogens with zero attached hydrogens (tertiary/aromatic N) is 3. The van der Waals surface area contributed by atoms with Gasteiger partial charge in [0.05, 0.1) is 24.4 Å². The lowest BCUT2D eigenvalue weighted by molar-refractivity contribution is 0.164. The monoisotopic (exact) mass is 440 g/mol. The van der Waals surface area contributed by atoms with Gasteiger partial charge in [-0.1, -0.05) is 17.7 Å². The van der Waals surface area contributed by atoms with Gasteiger partial charge in [0.25, 0.3) is 0 Å². The van der Waals surface area contributed by atoms with Gasteiger partial charge in [-0.2, -0.15) is 0 Å². The van der Waals surface area contributed by atoms with Crippen LogP contribution in [-0.2, 0) is 4.74 Å².